The highest BCUT2D eigenvalue weighted by Crippen LogP contribution is 2.23. The Hall–Kier alpha value is -0.850. The fourth-order valence-electron chi connectivity index (χ4n) is 2.04. The maximum atomic E-state index is 12.5. The highest BCUT2D eigenvalue weighted by atomic mass is 32.2. The summed E-state index contributed by atoms with van der Waals surface area (Å²) >= 11 is 0. The maximum absolute atomic E-state index is 12.5. The van der Waals surface area contributed by atoms with Crippen molar-refractivity contribution in [1.82, 2.24) is 9.62 Å². The highest BCUT2D eigenvalue weighted by molar-refractivity contribution is 7.89. The largest absolute Gasteiger partial charge is 0.464 e. The molecule has 1 heterocycles. The molecular formula is C14H26N2O3S. The highest BCUT2D eigenvalue weighted by Gasteiger charge is 2.26. The second-order valence-electron chi connectivity index (χ2n) is 5.49. The van der Waals surface area contributed by atoms with Crippen molar-refractivity contribution < 1.29 is 12.8 Å². The molecule has 0 aliphatic carbocycles. The zero-order chi connectivity index (χ0) is 15.3. The number of hydrogen-bond acceptors (Lipinski definition) is 4. The van der Waals surface area contributed by atoms with E-state index >= 15 is 0 Å². The molecule has 0 saturated carbocycles. The molecule has 1 rings (SSSR count). The van der Waals surface area contributed by atoms with Crippen molar-refractivity contribution in [2.24, 2.45) is 5.92 Å². The number of sulfonamides is 1. The zero-order valence-corrected chi connectivity index (χ0v) is 13.9. The van der Waals surface area contributed by atoms with E-state index in [-0.39, 0.29) is 10.8 Å². The van der Waals surface area contributed by atoms with E-state index in [1.807, 2.05) is 13.8 Å². The molecule has 0 fully saturated rings. The number of nitrogens with zero attached hydrogens (tertiary/aromatic N) is 1. The third-order valence-electron chi connectivity index (χ3n) is 2.96. The van der Waals surface area contributed by atoms with Gasteiger partial charge in [-0.15, -0.1) is 0 Å². The smallest absolute Gasteiger partial charge is 0.246 e. The van der Waals surface area contributed by atoms with Gasteiger partial charge < -0.3 is 9.73 Å². The van der Waals surface area contributed by atoms with Gasteiger partial charge in [-0.2, -0.15) is 0 Å². The molecule has 116 valence electrons. The Morgan fingerprint density at radius 2 is 2.05 bits per heavy atom. The van der Waals surface area contributed by atoms with Gasteiger partial charge in [0.1, 0.15) is 16.4 Å². The molecule has 6 heteroatoms. The van der Waals surface area contributed by atoms with Crippen molar-refractivity contribution in [3.63, 3.8) is 0 Å². The Kier molecular flexibility index (Phi) is 6.23. The molecule has 0 aromatic carbocycles. The van der Waals surface area contributed by atoms with Gasteiger partial charge in [0.15, 0.2) is 0 Å². The van der Waals surface area contributed by atoms with Crippen molar-refractivity contribution in [3.05, 3.63) is 17.6 Å². The zero-order valence-electron chi connectivity index (χ0n) is 13.1. The van der Waals surface area contributed by atoms with Crippen LogP contribution in [0.2, 0.25) is 0 Å². The fraction of sp³-hybridized carbons (Fsp3) is 0.714. The van der Waals surface area contributed by atoms with Crippen molar-refractivity contribution >= 4 is 10.0 Å². The van der Waals surface area contributed by atoms with Crippen LogP contribution in [0.3, 0.4) is 0 Å². The van der Waals surface area contributed by atoms with E-state index in [0.29, 0.717) is 24.6 Å². The molecule has 0 aliphatic rings. The first-order valence-corrected chi connectivity index (χ1v) is 8.49. The summed E-state index contributed by atoms with van der Waals surface area (Å²) < 4.78 is 31.9. The summed E-state index contributed by atoms with van der Waals surface area (Å²) in [5, 5.41) is 3.20. The Morgan fingerprint density at radius 1 is 1.40 bits per heavy atom. The van der Waals surface area contributed by atoms with E-state index in [9.17, 15) is 8.42 Å². The Bertz CT molecular complexity index is 521. The molecule has 1 N–H and O–H groups in total. The molecule has 5 nitrogen and oxygen atoms in total. The van der Waals surface area contributed by atoms with Crippen LogP contribution in [0.25, 0.3) is 0 Å². The van der Waals surface area contributed by atoms with Crippen molar-refractivity contribution in [2.75, 3.05) is 20.1 Å². The van der Waals surface area contributed by atoms with E-state index in [2.05, 4.69) is 12.2 Å². The first-order valence-electron chi connectivity index (χ1n) is 7.05. The summed E-state index contributed by atoms with van der Waals surface area (Å²) in [5.41, 5.74) is 0. The van der Waals surface area contributed by atoms with Crippen LogP contribution >= 0.6 is 0 Å². The lowest BCUT2D eigenvalue weighted by Crippen LogP contribution is -2.30. The number of nitrogens with one attached hydrogen (secondary N) is 1. The Labute approximate surface area is 122 Å². The average molecular weight is 302 g/mol. The SMILES string of the molecule is CCCNCc1cc(S(=O)(=O)N(C)CC(C)C)c(C)o1. The lowest BCUT2D eigenvalue weighted by atomic mass is 10.2. The molecule has 1 aromatic rings. The van der Waals surface area contributed by atoms with Gasteiger partial charge in [-0.3, -0.25) is 0 Å². The van der Waals surface area contributed by atoms with Crippen molar-refractivity contribution in [3.8, 4) is 0 Å². The summed E-state index contributed by atoms with van der Waals surface area (Å²) in [4.78, 5) is 0.272. The minimum absolute atomic E-state index is 0.272. The van der Waals surface area contributed by atoms with Crippen molar-refractivity contribution in [1.29, 1.82) is 0 Å². The topological polar surface area (TPSA) is 62.6 Å². The van der Waals surface area contributed by atoms with Crippen molar-refractivity contribution in [2.45, 2.75) is 45.6 Å². The first-order chi connectivity index (χ1) is 9.28. The third kappa shape index (κ3) is 4.33. The van der Waals surface area contributed by atoms with Crippen LogP contribution in [0.5, 0.6) is 0 Å². The lowest BCUT2D eigenvalue weighted by Gasteiger charge is -2.18. The third-order valence-corrected chi connectivity index (χ3v) is 4.89. The first kappa shape index (κ1) is 17.2. The molecule has 0 bridgehead atoms. The van der Waals surface area contributed by atoms with Gasteiger partial charge in [0.25, 0.3) is 0 Å². The molecule has 0 aliphatic heterocycles. The molecule has 0 unspecified atom stereocenters. The molecule has 0 spiro atoms. The van der Waals surface area contributed by atoms with Crippen LogP contribution in [0.1, 0.15) is 38.7 Å². The summed E-state index contributed by atoms with van der Waals surface area (Å²) in [6, 6.07) is 1.63. The van der Waals surface area contributed by atoms with Gasteiger partial charge in [-0.05, 0) is 25.8 Å². The number of hydrogen-bond donors (Lipinski definition) is 1. The van der Waals surface area contributed by atoms with Gasteiger partial charge in [-0.25, -0.2) is 12.7 Å². The minimum Gasteiger partial charge on any atom is -0.464 e. The van der Waals surface area contributed by atoms with E-state index < -0.39 is 10.0 Å². The fourth-order valence-corrected chi connectivity index (χ4v) is 3.55. The molecule has 0 atom stereocenters. The molecule has 0 saturated heterocycles. The number of furan rings is 1. The molecule has 0 amide bonds. The van der Waals surface area contributed by atoms with Gasteiger partial charge in [-0.1, -0.05) is 20.8 Å². The average Bonchev–Trinajstić information content (AvgIpc) is 2.70. The maximum Gasteiger partial charge on any atom is 0.246 e. The molecular weight excluding hydrogens is 276 g/mol. The van der Waals surface area contributed by atoms with E-state index in [1.54, 1.807) is 20.0 Å². The van der Waals surface area contributed by atoms with Gasteiger partial charge in [0.2, 0.25) is 10.0 Å². The predicted octanol–water partition coefficient (Wildman–Crippen LogP) is 2.36. The molecule has 20 heavy (non-hydrogen) atoms. The second kappa shape index (κ2) is 7.24. The summed E-state index contributed by atoms with van der Waals surface area (Å²) in [7, 11) is -1.85. The summed E-state index contributed by atoms with van der Waals surface area (Å²) in [5.74, 6) is 1.40. The van der Waals surface area contributed by atoms with Crippen LogP contribution in [-0.2, 0) is 16.6 Å². The Balaban J connectivity index is 2.89. The van der Waals surface area contributed by atoms with Crippen LogP contribution < -0.4 is 5.32 Å². The molecule has 0 radical (unpaired) electrons. The summed E-state index contributed by atoms with van der Waals surface area (Å²) in [6.45, 7) is 9.70. The summed E-state index contributed by atoms with van der Waals surface area (Å²) in [6.07, 6.45) is 1.03. The van der Waals surface area contributed by atoms with E-state index in [1.165, 1.54) is 4.31 Å². The van der Waals surface area contributed by atoms with Crippen LogP contribution in [0, 0.1) is 12.8 Å². The quantitative estimate of drug-likeness (QED) is 0.749. The van der Waals surface area contributed by atoms with Gasteiger partial charge in [0, 0.05) is 19.7 Å². The number of aryl methyl sites for hydroxylation is 1. The van der Waals surface area contributed by atoms with E-state index in [0.717, 1.165) is 13.0 Å². The minimum atomic E-state index is -3.46. The van der Waals surface area contributed by atoms with E-state index in [4.69, 9.17) is 4.42 Å². The molecule has 1 aromatic heterocycles. The lowest BCUT2D eigenvalue weighted by molar-refractivity contribution is 0.414. The standard InChI is InChI=1S/C14H26N2O3S/c1-6-7-15-9-13-8-14(12(4)19-13)20(17,18)16(5)10-11(2)3/h8,11,15H,6-7,9-10H2,1-5H3. The van der Waals surface area contributed by atoms with Crippen LogP contribution in [0.15, 0.2) is 15.4 Å². The van der Waals surface area contributed by atoms with Gasteiger partial charge >= 0.3 is 0 Å². The van der Waals surface area contributed by atoms with Gasteiger partial charge in [0.05, 0.1) is 6.54 Å². The Morgan fingerprint density at radius 3 is 2.60 bits per heavy atom. The second-order valence-corrected chi connectivity index (χ2v) is 7.50. The number of rotatable bonds is 8. The predicted molar refractivity (Wildman–Crippen MR) is 80.1 cm³/mol. The normalized spacial score (nSPS) is 12.6. The van der Waals surface area contributed by atoms with Crippen LogP contribution in [0.4, 0.5) is 0 Å². The monoisotopic (exact) mass is 302 g/mol. The van der Waals surface area contributed by atoms with Crippen LogP contribution in [-0.4, -0.2) is 32.9 Å².